The van der Waals surface area contributed by atoms with Crippen LogP contribution in [-0.2, 0) is 14.3 Å². The van der Waals surface area contributed by atoms with Crippen molar-refractivity contribution < 1.29 is 14.3 Å². The highest BCUT2D eigenvalue weighted by molar-refractivity contribution is 6.23. The third kappa shape index (κ3) is 3.82. The summed E-state index contributed by atoms with van der Waals surface area (Å²) in [5.41, 5.74) is 2.45. The van der Waals surface area contributed by atoms with Crippen molar-refractivity contribution in [2.24, 2.45) is 0 Å². The Morgan fingerprint density at radius 1 is 1.00 bits per heavy atom. The van der Waals surface area contributed by atoms with E-state index in [9.17, 15) is 9.59 Å². The van der Waals surface area contributed by atoms with Gasteiger partial charge >= 0.3 is 5.97 Å². The zero-order chi connectivity index (χ0) is 15.9. The maximum Gasteiger partial charge on any atom is 0.338 e. The van der Waals surface area contributed by atoms with Crippen molar-refractivity contribution in [2.45, 2.75) is 6.92 Å². The summed E-state index contributed by atoms with van der Waals surface area (Å²) >= 11 is 0. The quantitative estimate of drug-likeness (QED) is 0.534. The van der Waals surface area contributed by atoms with E-state index in [1.807, 2.05) is 36.4 Å². The van der Waals surface area contributed by atoms with E-state index in [0.717, 1.165) is 5.56 Å². The van der Waals surface area contributed by atoms with Gasteiger partial charge in [-0.25, -0.2) is 4.79 Å². The molecule has 112 valence electrons. The highest BCUT2D eigenvalue weighted by atomic mass is 16.5. The number of rotatable bonds is 4. The predicted molar refractivity (Wildman–Crippen MR) is 87.1 cm³/mol. The molecule has 0 radical (unpaired) electrons. The summed E-state index contributed by atoms with van der Waals surface area (Å²) in [6, 6.07) is 16.6. The van der Waals surface area contributed by atoms with Crippen molar-refractivity contribution in [3.8, 4) is 0 Å². The molecule has 2 aromatic rings. The number of ether oxygens (including phenoxy) is 1. The molecule has 0 atom stereocenters. The van der Waals surface area contributed by atoms with Gasteiger partial charge in [-0.15, -0.1) is 0 Å². The van der Waals surface area contributed by atoms with Crippen molar-refractivity contribution >= 4 is 29.2 Å². The van der Waals surface area contributed by atoms with E-state index in [0.29, 0.717) is 16.8 Å². The number of carbonyl (C=O) groups is 2. The smallest absolute Gasteiger partial charge is 0.338 e. The Morgan fingerprint density at radius 2 is 1.64 bits per heavy atom. The first-order chi connectivity index (χ1) is 10.6. The fourth-order valence-electron chi connectivity index (χ4n) is 2.09. The minimum atomic E-state index is -0.457. The molecule has 0 saturated carbocycles. The number of anilines is 1. The molecule has 0 aromatic heterocycles. The first-order valence-electron chi connectivity index (χ1n) is 6.84. The van der Waals surface area contributed by atoms with Gasteiger partial charge < -0.3 is 10.1 Å². The summed E-state index contributed by atoms with van der Waals surface area (Å²) in [6.07, 6.45) is 1.74. The van der Waals surface area contributed by atoms with Crippen LogP contribution < -0.4 is 5.32 Å². The lowest BCUT2D eigenvalue weighted by Gasteiger charge is -2.12. The minimum Gasteiger partial charge on any atom is -0.465 e. The molecule has 4 heteroatoms. The number of amides is 1. The average molecular weight is 295 g/mol. The molecule has 0 bridgehead atoms. The van der Waals surface area contributed by atoms with Gasteiger partial charge in [-0.2, -0.15) is 0 Å². The molecular formula is C18H17NO3. The van der Waals surface area contributed by atoms with Crippen LogP contribution >= 0.6 is 0 Å². The molecule has 4 nitrogen and oxygen atoms in total. The largest absolute Gasteiger partial charge is 0.465 e. The van der Waals surface area contributed by atoms with Crippen LogP contribution in [0.15, 0.2) is 54.6 Å². The van der Waals surface area contributed by atoms with Gasteiger partial charge in [-0.1, -0.05) is 48.5 Å². The second-order valence-electron chi connectivity index (χ2n) is 4.69. The van der Waals surface area contributed by atoms with Gasteiger partial charge in [-0.05, 0) is 17.7 Å². The van der Waals surface area contributed by atoms with Gasteiger partial charge in [0.1, 0.15) is 0 Å². The van der Waals surface area contributed by atoms with E-state index in [-0.39, 0.29) is 5.91 Å². The Kier molecular flexibility index (Phi) is 5.09. The molecule has 0 fully saturated rings. The van der Waals surface area contributed by atoms with Crippen molar-refractivity contribution in [2.75, 3.05) is 12.4 Å². The third-order valence-corrected chi connectivity index (χ3v) is 3.04. The zero-order valence-corrected chi connectivity index (χ0v) is 12.5. The Hall–Kier alpha value is -2.88. The maximum atomic E-state index is 12.2. The molecule has 0 aliphatic heterocycles. The van der Waals surface area contributed by atoms with Gasteiger partial charge in [0.2, 0.25) is 5.91 Å². The molecule has 2 aromatic carbocycles. The van der Waals surface area contributed by atoms with E-state index in [4.69, 9.17) is 4.74 Å². The van der Waals surface area contributed by atoms with Crippen molar-refractivity contribution in [1.82, 2.24) is 0 Å². The number of hydrogen-bond acceptors (Lipinski definition) is 3. The monoisotopic (exact) mass is 295 g/mol. The molecule has 22 heavy (non-hydrogen) atoms. The summed E-state index contributed by atoms with van der Waals surface area (Å²) in [5.74, 6) is -0.655. The molecule has 1 amide bonds. The van der Waals surface area contributed by atoms with Gasteiger partial charge in [-0.3, -0.25) is 4.79 Å². The number of benzene rings is 2. The lowest BCUT2D eigenvalue weighted by atomic mass is 10.0. The van der Waals surface area contributed by atoms with E-state index in [2.05, 4.69) is 5.32 Å². The van der Waals surface area contributed by atoms with E-state index >= 15 is 0 Å². The zero-order valence-electron chi connectivity index (χ0n) is 12.5. The lowest BCUT2D eigenvalue weighted by Crippen LogP contribution is -2.11. The second-order valence-corrected chi connectivity index (χ2v) is 4.69. The SMILES string of the molecule is COC(=O)C(=Cc1ccccc1)c1ccccc1NC(C)=O. The van der Waals surface area contributed by atoms with Crippen LogP contribution in [0.5, 0.6) is 0 Å². The molecule has 1 N–H and O–H groups in total. The fraction of sp³-hybridized carbons (Fsp3) is 0.111. The minimum absolute atomic E-state index is 0.198. The Bertz CT molecular complexity index is 705. The number of esters is 1. The van der Waals surface area contributed by atoms with Crippen LogP contribution in [0, 0.1) is 0 Å². The van der Waals surface area contributed by atoms with Gasteiger partial charge in [0.05, 0.1) is 12.7 Å². The van der Waals surface area contributed by atoms with Gasteiger partial charge in [0, 0.05) is 18.2 Å². The normalized spacial score (nSPS) is 10.9. The average Bonchev–Trinajstić information content (AvgIpc) is 2.53. The Balaban J connectivity index is 2.54. The number of para-hydroxylation sites is 1. The highest BCUT2D eigenvalue weighted by Crippen LogP contribution is 2.27. The van der Waals surface area contributed by atoms with E-state index in [1.54, 1.807) is 24.3 Å². The summed E-state index contributed by atoms with van der Waals surface area (Å²) in [6.45, 7) is 1.43. The Labute approximate surface area is 129 Å². The molecule has 2 rings (SSSR count). The number of nitrogens with one attached hydrogen (secondary N) is 1. The summed E-state index contributed by atoms with van der Waals surface area (Å²) < 4.78 is 4.88. The van der Waals surface area contributed by atoms with Crippen LogP contribution in [-0.4, -0.2) is 19.0 Å². The molecule has 0 aliphatic rings. The lowest BCUT2D eigenvalue weighted by molar-refractivity contribution is -0.133. The first-order valence-corrected chi connectivity index (χ1v) is 6.84. The van der Waals surface area contributed by atoms with E-state index in [1.165, 1.54) is 14.0 Å². The summed E-state index contributed by atoms with van der Waals surface area (Å²) in [4.78, 5) is 23.5. The third-order valence-electron chi connectivity index (χ3n) is 3.04. The second kappa shape index (κ2) is 7.22. The molecule has 0 heterocycles. The number of hydrogen-bond donors (Lipinski definition) is 1. The van der Waals surface area contributed by atoms with Crippen LogP contribution in [0.25, 0.3) is 11.6 Å². The molecule has 0 aliphatic carbocycles. The number of carbonyl (C=O) groups excluding carboxylic acids is 2. The van der Waals surface area contributed by atoms with Gasteiger partial charge in [0.15, 0.2) is 0 Å². The standard InChI is InChI=1S/C18H17NO3/c1-13(20)19-17-11-7-6-10-15(17)16(18(21)22-2)12-14-8-4-3-5-9-14/h3-12H,1-2H3,(H,19,20). The fourth-order valence-corrected chi connectivity index (χ4v) is 2.09. The van der Waals surface area contributed by atoms with Gasteiger partial charge in [0.25, 0.3) is 0 Å². The maximum absolute atomic E-state index is 12.2. The molecule has 0 unspecified atom stereocenters. The van der Waals surface area contributed by atoms with Crippen LogP contribution in [0.1, 0.15) is 18.1 Å². The Morgan fingerprint density at radius 3 is 2.27 bits per heavy atom. The highest BCUT2D eigenvalue weighted by Gasteiger charge is 2.16. The topological polar surface area (TPSA) is 55.4 Å². The number of methoxy groups -OCH3 is 1. The summed E-state index contributed by atoms with van der Waals surface area (Å²) in [5, 5.41) is 2.73. The predicted octanol–water partition coefficient (Wildman–Crippen LogP) is 3.36. The van der Waals surface area contributed by atoms with E-state index < -0.39 is 5.97 Å². The molecular weight excluding hydrogens is 278 g/mol. The van der Waals surface area contributed by atoms with Crippen molar-refractivity contribution in [3.05, 3.63) is 65.7 Å². The van der Waals surface area contributed by atoms with Crippen LogP contribution in [0.2, 0.25) is 0 Å². The van der Waals surface area contributed by atoms with Crippen LogP contribution in [0.4, 0.5) is 5.69 Å². The van der Waals surface area contributed by atoms with Crippen LogP contribution in [0.3, 0.4) is 0 Å². The first kappa shape index (κ1) is 15.5. The van der Waals surface area contributed by atoms with Crippen molar-refractivity contribution in [1.29, 1.82) is 0 Å². The van der Waals surface area contributed by atoms with Crippen molar-refractivity contribution in [3.63, 3.8) is 0 Å². The molecule has 0 spiro atoms. The summed E-state index contributed by atoms with van der Waals surface area (Å²) in [7, 11) is 1.34. The molecule has 0 saturated heterocycles.